The lowest BCUT2D eigenvalue weighted by atomic mass is 10.1. The van der Waals surface area contributed by atoms with Gasteiger partial charge in [-0.1, -0.05) is 41.7 Å². The van der Waals surface area contributed by atoms with E-state index in [1.165, 1.54) is 10.5 Å². The highest BCUT2D eigenvalue weighted by molar-refractivity contribution is 7.98. The molecule has 0 aliphatic rings. The lowest BCUT2D eigenvalue weighted by Crippen LogP contribution is -2.32. The monoisotopic (exact) mass is 433 g/mol. The van der Waals surface area contributed by atoms with Crippen molar-refractivity contribution in [1.82, 2.24) is 9.97 Å². The third-order valence-electron chi connectivity index (χ3n) is 5.02. The molecule has 0 atom stereocenters. The second kappa shape index (κ2) is 8.98. The van der Waals surface area contributed by atoms with Crippen LogP contribution in [0.1, 0.15) is 22.4 Å². The van der Waals surface area contributed by atoms with Gasteiger partial charge in [-0.05, 0) is 61.1 Å². The van der Waals surface area contributed by atoms with Crippen LogP contribution in [0.25, 0.3) is 10.2 Å². The Hall–Kier alpha value is -2.70. The third-order valence-corrected chi connectivity index (χ3v) is 6.98. The Morgan fingerprint density at radius 3 is 2.47 bits per heavy atom. The highest BCUT2D eigenvalue weighted by Crippen LogP contribution is 2.34. The molecular weight excluding hydrogens is 410 g/mol. The summed E-state index contributed by atoms with van der Waals surface area (Å²) in [5, 5.41) is 0.721. The highest BCUT2D eigenvalue weighted by Gasteiger charge is 2.22. The van der Waals surface area contributed by atoms with E-state index >= 15 is 0 Å². The number of anilines is 1. The Morgan fingerprint density at radius 2 is 1.80 bits per heavy atom. The molecule has 0 radical (unpaired) electrons. The molecule has 6 heteroatoms. The van der Waals surface area contributed by atoms with Crippen molar-refractivity contribution in [3.8, 4) is 0 Å². The van der Waals surface area contributed by atoms with Crippen LogP contribution in [-0.4, -0.2) is 22.1 Å². The summed E-state index contributed by atoms with van der Waals surface area (Å²) in [6, 6.07) is 18.1. The maximum Gasteiger partial charge on any atom is 0.233 e. The molecule has 2 heterocycles. The lowest BCUT2D eigenvalue weighted by Gasteiger charge is -2.19. The second-order valence-corrected chi connectivity index (χ2v) is 9.06. The summed E-state index contributed by atoms with van der Waals surface area (Å²) in [5.41, 5.74) is 5.11. The summed E-state index contributed by atoms with van der Waals surface area (Å²) in [6.45, 7) is 4.55. The topological polar surface area (TPSA) is 46.1 Å². The van der Waals surface area contributed by atoms with E-state index < -0.39 is 0 Å². The van der Waals surface area contributed by atoms with Crippen molar-refractivity contribution in [3.05, 3.63) is 83.2 Å². The van der Waals surface area contributed by atoms with Gasteiger partial charge in [0.25, 0.3) is 0 Å². The van der Waals surface area contributed by atoms with Crippen molar-refractivity contribution < 1.29 is 4.79 Å². The molecule has 30 heavy (non-hydrogen) atoms. The molecule has 0 saturated heterocycles. The number of pyridine rings is 1. The average Bonchev–Trinajstić information content (AvgIpc) is 3.22. The standard InChI is InChI=1S/C24H23N3OS2/c1-16-7-8-17(2)23-22(16)26-24(30-23)27(15-19-6-4-5-13-25-19)21(28)14-18-9-11-20(29-3)12-10-18/h4-13H,14-15H2,1-3H3. The predicted molar refractivity (Wildman–Crippen MR) is 126 cm³/mol. The first-order valence-corrected chi connectivity index (χ1v) is 11.8. The number of carbonyl (C=O) groups is 1. The molecule has 4 nitrogen and oxygen atoms in total. The molecule has 0 aliphatic heterocycles. The second-order valence-electron chi connectivity index (χ2n) is 7.20. The number of amides is 1. The zero-order chi connectivity index (χ0) is 21.1. The number of rotatable bonds is 6. The molecule has 0 aliphatic carbocycles. The smallest absolute Gasteiger partial charge is 0.233 e. The minimum atomic E-state index is 0.0203. The van der Waals surface area contributed by atoms with Crippen molar-refractivity contribution >= 4 is 44.4 Å². The summed E-state index contributed by atoms with van der Waals surface area (Å²) < 4.78 is 1.13. The first-order valence-electron chi connectivity index (χ1n) is 9.75. The predicted octanol–water partition coefficient (Wildman–Crippen LogP) is 5.81. The Kier molecular flexibility index (Phi) is 6.16. The van der Waals surface area contributed by atoms with Crippen molar-refractivity contribution in [3.63, 3.8) is 0 Å². The Bertz CT molecular complexity index is 1130. The zero-order valence-corrected chi connectivity index (χ0v) is 18.9. The number of thioether (sulfide) groups is 1. The van der Waals surface area contributed by atoms with Crippen LogP contribution in [-0.2, 0) is 17.8 Å². The van der Waals surface area contributed by atoms with Crippen LogP contribution in [0.2, 0.25) is 0 Å². The van der Waals surface area contributed by atoms with Gasteiger partial charge in [-0.25, -0.2) is 4.98 Å². The van der Waals surface area contributed by atoms with Gasteiger partial charge in [0.2, 0.25) is 5.91 Å². The van der Waals surface area contributed by atoms with E-state index in [1.807, 2.05) is 36.6 Å². The van der Waals surface area contributed by atoms with Gasteiger partial charge in [0, 0.05) is 11.1 Å². The van der Waals surface area contributed by atoms with Crippen LogP contribution >= 0.6 is 23.1 Å². The van der Waals surface area contributed by atoms with E-state index in [-0.39, 0.29) is 5.91 Å². The summed E-state index contributed by atoms with van der Waals surface area (Å²) in [7, 11) is 0. The van der Waals surface area contributed by atoms with Crippen LogP contribution in [0.5, 0.6) is 0 Å². The number of hydrogen-bond donors (Lipinski definition) is 0. The molecule has 4 rings (SSSR count). The van der Waals surface area contributed by atoms with Gasteiger partial charge in [-0.2, -0.15) is 0 Å². The highest BCUT2D eigenvalue weighted by atomic mass is 32.2. The van der Waals surface area contributed by atoms with E-state index in [4.69, 9.17) is 4.98 Å². The Labute approximate surface area is 185 Å². The van der Waals surface area contributed by atoms with Crippen LogP contribution in [0.4, 0.5) is 5.13 Å². The number of nitrogens with zero attached hydrogens (tertiary/aromatic N) is 3. The van der Waals surface area contributed by atoms with Gasteiger partial charge in [-0.3, -0.25) is 14.7 Å². The fourth-order valence-electron chi connectivity index (χ4n) is 3.29. The number of benzene rings is 2. The third kappa shape index (κ3) is 4.40. The summed E-state index contributed by atoms with van der Waals surface area (Å²) in [6.07, 6.45) is 4.13. The lowest BCUT2D eigenvalue weighted by molar-refractivity contribution is -0.118. The van der Waals surface area contributed by atoms with Crippen molar-refractivity contribution in [2.24, 2.45) is 0 Å². The molecule has 2 aromatic carbocycles. The number of aromatic nitrogens is 2. The maximum atomic E-state index is 13.4. The van der Waals surface area contributed by atoms with Crippen LogP contribution < -0.4 is 4.90 Å². The maximum absolute atomic E-state index is 13.4. The Morgan fingerprint density at radius 1 is 1.03 bits per heavy atom. The van der Waals surface area contributed by atoms with E-state index in [9.17, 15) is 4.79 Å². The Balaban J connectivity index is 1.69. The van der Waals surface area contributed by atoms with Crippen molar-refractivity contribution in [2.45, 2.75) is 31.7 Å². The van der Waals surface area contributed by atoms with Gasteiger partial charge in [0.1, 0.15) is 0 Å². The van der Waals surface area contributed by atoms with Gasteiger partial charge in [0.05, 0.1) is 28.9 Å². The van der Waals surface area contributed by atoms with Crippen molar-refractivity contribution in [1.29, 1.82) is 0 Å². The molecule has 0 N–H and O–H groups in total. The van der Waals surface area contributed by atoms with E-state index in [0.717, 1.165) is 32.2 Å². The molecule has 0 fully saturated rings. The van der Waals surface area contributed by atoms with Gasteiger partial charge in [-0.15, -0.1) is 11.8 Å². The largest absolute Gasteiger partial charge is 0.282 e. The first kappa shape index (κ1) is 20.6. The van der Waals surface area contributed by atoms with E-state index in [2.05, 4.69) is 43.1 Å². The molecule has 2 aromatic heterocycles. The van der Waals surface area contributed by atoms with Gasteiger partial charge in [0.15, 0.2) is 5.13 Å². The molecule has 4 aromatic rings. The number of hydrogen-bond acceptors (Lipinski definition) is 5. The van der Waals surface area contributed by atoms with Crippen LogP contribution in [0.3, 0.4) is 0 Å². The van der Waals surface area contributed by atoms with Crippen molar-refractivity contribution in [2.75, 3.05) is 11.2 Å². The molecule has 0 saturated carbocycles. The van der Waals surface area contributed by atoms with Gasteiger partial charge >= 0.3 is 0 Å². The number of fused-ring (bicyclic) bond motifs is 1. The SMILES string of the molecule is CSc1ccc(CC(=O)N(Cc2ccccn2)c2nc3c(C)ccc(C)c3s2)cc1. The minimum Gasteiger partial charge on any atom is -0.282 e. The normalized spacial score (nSPS) is 11.0. The molecule has 1 amide bonds. The molecular formula is C24H23N3OS2. The van der Waals surface area contributed by atoms with E-state index in [0.29, 0.717) is 13.0 Å². The summed E-state index contributed by atoms with van der Waals surface area (Å²) in [4.78, 5) is 25.6. The summed E-state index contributed by atoms with van der Waals surface area (Å²) in [5.74, 6) is 0.0203. The number of thiazole rings is 1. The van der Waals surface area contributed by atoms with Gasteiger partial charge < -0.3 is 0 Å². The zero-order valence-electron chi connectivity index (χ0n) is 17.3. The average molecular weight is 434 g/mol. The number of aryl methyl sites for hydroxylation is 2. The minimum absolute atomic E-state index is 0.0203. The first-order chi connectivity index (χ1) is 14.5. The fourth-order valence-corrected chi connectivity index (χ4v) is 4.83. The molecule has 0 spiro atoms. The molecule has 0 unspecified atom stereocenters. The van der Waals surface area contributed by atoms with Crippen LogP contribution in [0, 0.1) is 13.8 Å². The molecule has 152 valence electrons. The fraction of sp³-hybridized carbons (Fsp3) is 0.208. The number of carbonyl (C=O) groups excluding carboxylic acids is 1. The molecule has 0 bridgehead atoms. The summed E-state index contributed by atoms with van der Waals surface area (Å²) >= 11 is 3.27. The quantitative estimate of drug-likeness (QED) is 0.360. The van der Waals surface area contributed by atoms with Crippen LogP contribution in [0.15, 0.2) is 65.7 Å². The van der Waals surface area contributed by atoms with E-state index in [1.54, 1.807) is 34.2 Å².